The molecule has 124 valence electrons. The number of rotatable bonds is 7. The van der Waals surface area contributed by atoms with Gasteiger partial charge in [-0.25, -0.2) is 4.79 Å². The summed E-state index contributed by atoms with van der Waals surface area (Å²) in [7, 11) is 0. The highest BCUT2D eigenvalue weighted by Gasteiger charge is 2.29. The van der Waals surface area contributed by atoms with E-state index in [2.05, 4.69) is 10.9 Å². The van der Waals surface area contributed by atoms with Gasteiger partial charge in [0.1, 0.15) is 5.75 Å². The monoisotopic (exact) mass is 320 g/mol. The number of nitrogens with one attached hydrogen (secondary N) is 2. The first-order valence-electron chi connectivity index (χ1n) is 7.59. The smallest absolute Gasteiger partial charge is 0.338 e. The zero-order chi connectivity index (χ0) is 16.7. The van der Waals surface area contributed by atoms with Gasteiger partial charge >= 0.3 is 5.97 Å². The molecule has 1 aliphatic rings. The zero-order valence-electron chi connectivity index (χ0n) is 13.0. The van der Waals surface area contributed by atoms with Gasteiger partial charge in [-0.1, -0.05) is 6.92 Å². The molecular weight excluding hydrogens is 300 g/mol. The number of hydrazine groups is 1. The summed E-state index contributed by atoms with van der Waals surface area (Å²) in [4.78, 5) is 34.5. The Bertz CT molecular complexity index is 566. The molecule has 0 aliphatic heterocycles. The molecular formula is C16H20N2O5. The number of hydrogen-bond acceptors (Lipinski definition) is 5. The molecule has 1 saturated carbocycles. The predicted octanol–water partition coefficient (Wildman–Crippen LogP) is 1.19. The maximum atomic E-state index is 11.6. The zero-order valence-corrected chi connectivity index (χ0v) is 13.0. The van der Waals surface area contributed by atoms with E-state index in [1.54, 1.807) is 24.3 Å². The van der Waals surface area contributed by atoms with Gasteiger partial charge in [0.25, 0.3) is 5.91 Å². The van der Waals surface area contributed by atoms with Crippen LogP contribution in [0.4, 0.5) is 0 Å². The van der Waals surface area contributed by atoms with E-state index in [1.165, 1.54) is 0 Å². The van der Waals surface area contributed by atoms with E-state index in [9.17, 15) is 14.4 Å². The molecule has 2 N–H and O–H groups in total. The van der Waals surface area contributed by atoms with Crippen molar-refractivity contribution >= 4 is 17.8 Å². The van der Waals surface area contributed by atoms with Crippen LogP contribution in [0.2, 0.25) is 0 Å². The molecule has 0 unspecified atom stereocenters. The number of carbonyl (C=O) groups is 3. The van der Waals surface area contributed by atoms with Crippen molar-refractivity contribution in [3.63, 3.8) is 0 Å². The fraction of sp³-hybridized carbons (Fsp3) is 0.438. The number of amides is 2. The summed E-state index contributed by atoms with van der Waals surface area (Å²) in [6.45, 7) is 2.07. The highest BCUT2D eigenvalue weighted by molar-refractivity contribution is 5.89. The van der Waals surface area contributed by atoms with Crippen LogP contribution in [0.1, 0.15) is 36.5 Å². The van der Waals surface area contributed by atoms with Crippen LogP contribution < -0.4 is 15.6 Å². The third-order valence-corrected chi connectivity index (χ3v) is 3.17. The van der Waals surface area contributed by atoms with Gasteiger partial charge in [-0.05, 0) is 43.5 Å². The molecule has 23 heavy (non-hydrogen) atoms. The quantitative estimate of drug-likeness (QED) is 0.581. The minimum atomic E-state index is -0.453. The Balaban J connectivity index is 1.71. The van der Waals surface area contributed by atoms with Gasteiger partial charge in [-0.15, -0.1) is 0 Å². The lowest BCUT2D eigenvalue weighted by Crippen LogP contribution is -2.44. The normalized spacial score (nSPS) is 13.1. The molecule has 1 aromatic rings. The predicted molar refractivity (Wildman–Crippen MR) is 81.5 cm³/mol. The Labute approximate surface area is 134 Å². The van der Waals surface area contributed by atoms with Crippen LogP contribution in [0.3, 0.4) is 0 Å². The van der Waals surface area contributed by atoms with E-state index in [0.717, 1.165) is 19.3 Å². The van der Waals surface area contributed by atoms with Crippen molar-refractivity contribution < 1.29 is 23.9 Å². The van der Waals surface area contributed by atoms with Crippen LogP contribution >= 0.6 is 0 Å². The lowest BCUT2D eigenvalue weighted by molar-refractivity contribution is -0.130. The van der Waals surface area contributed by atoms with Crippen molar-refractivity contribution in [3.05, 3.63) is 29.8 Å². The topological polar surface area (TPSA) is 93.7 Å². The minimum absolute atomic E-state index is 0.0243. The van der Waals surface area contributed by atoms with E-state index in [1.807, 2.05) is 6.92 Å². The van der Waals surface area contributed by atoms with Crippen molar-refractivity contribution in [1.82, 2.24) is 10.9 Å². The molecule has 2 rings (SSSR count). The first kappa shape index (κ1) is 16.8. The number of benzene rings is 1. The second-order valence-electron chi connectivity index (χ2n) is 5.26. The first-order valence-corrected chi connectivity index (χ1v) is 7.59. The molecule has 1 aliphatic carbocycles. The van der Waals surface area contributed by atoms with Crippen molar-refractivity contribution in [3.8, 4) is 5.75 Å². The van der Waals surface area contributed by atoms with E-state index in [0.29, 0.717) is 17.9 Å². The molecule has 0 atom stereocenters. The maximum Gasteiger partial charge on any atom is 0.338 e. The fourth-order valence-corrected chi connectivity index (χ4v) is 1.73. The SMILES string of the molecule is CCCOC(=O)c1ccc(OCC(=O)NNC(=O)C2CC2)cc1. The first-order chi connectivity index (χ1) is 11.1. The Morgan fingerprint density at radius 3 is 2.43 bits per heavy atom. The van der Waals surface area contributed by atoms with E-state index >= 15 is 0 Å². The van der Waals surface area contributed by atoms with Gasteiger partial charge in [0.15, 0.2) is 6.61 Å². The molecule has 0 saturated heterocycles. The van der Waals surface area contributed by atoms with Gasteiger partial charge in [-0.2, -0.15) is 0 Å². The van der Waals surface area contributed by atoms with Crippen LogP contribution in [0.25, 0.3) is 0 Å². The van der Waals surface area contributed by atoms with Crippen LogP contribution in [0.5, 0.6) is 5.75 Å². The van der Waals surface area contributed by atoms with Gasteiger partial charge in [-0.3, -0.25) is 20.4 Å². The molecule has 1 fully saturated rings. The van der Waals surface area contributed by atoms with Gasteiger partial charge in [0.2, 0.25) is 5.91 Å². The summed E-state index contributed by atoms with van der Waals surface area (Å²) >= 11 is 0. The summed E-state index contributed by atoms with van der Waals surface area (Å²) < 4.78 is 10.3. The van der Waals surface area contributed by atoms with Gasteiger partial charge < -0.3 is 9.47 Å². The maximum absolute atomic E-state index is 11.6. The van der Waals surface area contributed by atoms with E-state index in [4.69, 9.17) is 9.47 Å². The highest BCUT2D eigenvalue weighted by Crippen LogP contribution is 2.28. The standard InChI is InChI=1S/C16H20N2O5/c1-2-9-22-16(21)12-5-7-13(8-6-12)23-10-14(19)17-18-15(20)11-3-4-11/h5-8,11H,2-4,9-10H2,1H3,(H,17,19)(H,18,20). The van der Waals surface area contributed by atoms with Gasteiger partial charge in [0, 0.05) is 5.92 Å². The molecule has 1 aromatic carbocycles. The summed E-state index contributed by atoms with van der Waals surface area (Å²) in [5.74, 6) is -0.547. The Morgan fingerprint density at radius 1 is 1.13 bits per heavy atom. The lowest BCUT2D eigenvalue weighted by atomic mass is 10.2. The van der Waals surface area contributed by atoms with E-state index in [-0.39, 0.29) is 24.4 Å². The second kappa shape index (κ2) is 8.17. The summed E-state index contributed by atoms with van der Waals surface area (Å²) in [6.07, 6.45) is 2.50. The molecule has 0 aromatic heterocycles. The Hall–Kier alpha value is -2.57. The molecule has 7 heteroatoms. The van der Waals surface area contributed by atoms with Crippen LogP contribution in [0.15, 0.2) is 24.3 Å². The molecule has 0 heterocycles. The van der Waals surface area contributed by atoms with Crippen LogP contribution in [-0.2, 0) is 14.3 Å². The van der Waals surface area contributed by atoms with Crippen molar-refractivity contribution in [2.45, 2.75) is 26.2 Å². The van der Waals surface area contributed by atoms with Crippen molar-refractivity contribution in [2.75, 3.05) is 13.2 Å². The summed E-state index contributed by atoms with van der Waals surface area (Å²) in [5.41, 5.74) is 5.06. The fourth-order valence-electron chi connectivity index (χ4n) is 1.73. The molecule has 2 amide bonds. The number of hydrogen-bond donors (Lipinski definition) is 2. The average molecular weight is 320 g/mol. The van der Waals surface area contributed by atoms with Gasteiger partial charge in [0.05, 0.1) is 12.2 Å². The van der Waals surface area contributed by atoms with Crippen molar-refractivity contribution in [2.24, 2.45) is 5.92 Å². The Morgan fingerprint density at radius 2 is 1.83 bits per heavy atom. The van der Waals surface area contributed by atoms with E-state index < -0.39 is 5.91 Å². The van der Waals surface area contributed by atoms with Crippen LogP contribution in [-0.4, -0.2) is 31.0 Å². The third-order valence-electron chi connectivity index (χ3n) is 3.17. The largest absolute Gasteiger partial charge is 0.484 e. The molecule has 0 spiro atoms. The van der Waals surface area contributed by atoms with Crippen LogP contribution in [0, 0.1) is 5.92 Å². The molecule has 0 bridgehead atoms. The molecule has 0 radical (unpaired) electrons. The van der Waals surface area contributed by atoms with Crippen molar-refractivity contribution in [1.29, 1.82) is 0 Å². The molecule has 7 nitrogen and oxygen atoms in total. The summed E-state index contributed by atoms with van der Waals surface area (Å²) in [6, 6.07) is 6.30. The average Bonchev–Trinajstić information content (AvgIpc) is 3.41. The minimum Gasteiger partial charge on any atom is -0.484 e. The summed E-state index contributed by atoms with van der Waals surface area (Å²) in [5, 5.41) is 0. The lowest BCUT2D eigenvalue weighted by Gasteiger charge is -2.09. The third kappa shape index (κ3) is 5.61. The number of carbonyl (C=O) groups excluding carboxylic acids is 3. The number of esters is 1. The Kier molecular flexibility index (Phi) is 5.96. The highest BCUT2D eigenvalue weighted by atomic mass is 16.5. The number of ether oxygens (including phenoxy) is 2. The second-order valence-corrected chi connectivity index (χ2v) is 5.26.